The zero-order valence-electron chi connectivity index (χ0n) is 31.3. The largest absolute Gasteiger partial charge is 0.480 e. The van der Waals surface area contributed by atoms with Gasteiger partial charge in [0.2, 0.25) is 11.6 Å². The van der Waals surface area contributed by atoms with Crippen LogP contribution in [0.1, 0.15) is 82.6 Å². The van der Waals surface area contributed by atoms with Crippen molar-refractivity contribution in [1.29, 1.82) is 0 Å². The third-order valence-electron chi connectivity index (χ3n) is 9.60. The van der Waals surface area contributed by atoms with Crippen LogP contribution in [-0.4, -0.2) is 61.2 Å². The lowest BCUT2D eigenvalue weighted by Crippen LogP contribution is -2.33. The summed E-state index contributed by atoms with van der Waals surface area (Å²) >= 11 is 1.20. The Morgan fingerprint density at radius 2 is 1.04 bits per heavy atom. The maximum absolute atomic E-state index is 14.5. The molecule has 0 saturated carbocycles. The fourth-order valence-corrected chi connectivity index (χ4v) is 8.83. The predicted molar refractivity (Wildman–Crippen MR) is 204 cm³/mol. The molecule has 2 aromatic heterocycles. The lowest BCUT2D eigenvalue weighted by molar-refractivity contribution is -0.147. The summed E-state index contributed by atoms with van der Waals surface area (Å²) < 4.78 is 84.9. The SMILES string of the molecule is CC(C)c1ccc(-n2c(SC(C)(CC(C)c3ccc(-n4c(SC(C)(C)C(=O)O)nnc4C(F)(F)F)c4ccccc34)C(=O)O)nnc2C(F)(F)F)c2ccccc12. The Morgan fingerprint density at radius 3 is 1.46 bits per heavy atom. The van der Waals surface area contributed by atoms with Crippen molar-refractivity contribution in [3.05, 3.63) is 95.6 Å². The third kappa shape index (κ3) is 7.93. The van der Waals surface area contributed by atoms with Crippen LogP contribution in [0.4, 0.5) is 26.3 Å². The molecule has 4 aromatic carbocycles. The number of hydrogen-bond acceptors (Lipinski definition) is 8. The minimum atomic E-state index is -4.97. The van der Waals surface area contributed by atoms with Crippen molar-refractivity contribution < 1.29 is 46.1 Å². The van der Waals surface area contributed by atoms with Crippen molar-refractivity contribution >= 4 is 57.0 Å². The van der Waals surface area contributed by atoms with Gasteiger partial charge in [0.25, 0.3) is 0 Å². The van der Waals surface area contributed by atoms with Crippen LogP contribution in [0.25, 0.3) is 32.9 Å². The van der Waals surface area contributed by atoms with Gasteiger partial charge in [0.05, 0.1) is 11.4 Å². The average Bonchev–Trinajstić information content (AvgIpc) is 3.74. The van der Waals surface area contributed by atoms with Gasteiger partial charge >= 0.3 is 24.3 Å². The molecule has 0 aliphatic rings. The van der Waals surface area contributed by atoms with Crippen molar-refractivity contribution in [2.24, 2.45) is 0 Å². The van der Waals surface area contributed by atoms with Gasteiger partial charge < -0.3 is 10.2 Å². The topological polar surface area (TPSA) is 136 Å². The van der Waals surface area contributed by atoms with Crippen LogP contribution in [0.3, 0.4) is 0 Å². The molecule has 300 valence electrons. The fraction of sp³-hybridized carbons (Fsp3) is 0.333. The van der Waals surface area contributed by atoms with E-state index in [9.17, 15) is 46.1 Å². The number of benzene rings is 4. The minimum Gasteiger partial charge on any atom is -0.480 e. The van der Waals surface area contributed by atoms with E-state index < -0.39 is 51.4 Å². The van der Waals surface area contributed by atoms with E-state index in [0.717, 1.165) is 20.1 Å². The standard InChI is InChI=1S/C39H36F6N6O4S2/c1-20(2)22-15-17-28(26-13-9-7-11-24(22)26)51-31(39(43,44)45)47-49-35(51)57-37(6,33(54)55)19-21(3)23-16-18-29(27-14-10-8-12-25(23)27)50-30(38(40,41)42)46-48-34(50)56-36(4,5)32(52)53/h7-18,20-21H,19H2,1-6H3,(H,52,53)(H,54,55). The van der Waals surface area contributed by atoms with Gasteiger partial charge in [-0.2, -0.15) is 26.3 Å². The van der Waals surface area contributed by atoms with E-state index >= 15 is 0 Å². The first-order valence-corrected chi connectivity index (χ1v) is 19.1. The highest BCUT2D eigenvalue weighted by Crippen LogP contribution is 2.46. The molecule has 0 saturated heterocycles. The molecule has 6 aromatic rings. The summed E-state index contributed by atoms with van der Waals surface area (Å²) in [4.78, 5) is 25.0. The smallest absolute Gasteiger partial charge is 0.452 e. The molecule has 18 heteroatoms. The van der Waals surface area contributed by atoms with Crippen molar-refractivity contribution in [3.8, 4) is 11.4 Å². The Morgan fingerprint density at radius 1 is 0.614 bits per heavy atom. The molecular weight excluding hydrogens is 795 g/mol. The van der Waals surface area contributed by atoms with E-state index in [2.05, 4.69) is 20.4 Å². The van der Waals surface area contributed by atoms with Gasteiger partial charge in [0.15, 0.2) is 10.3 Å². The van der Waals surface area contributed by atoms with Gasteiger partial charge in [-0.1, -0.05) is 105 Å². The predicted octanol–water partition coefficient (Wildman–Crippen LogP) is 10.4. The molecule has 2 N–H and O–H groups in total. The Balaban J connectivity index is 1.44. The lowest BCUT2D eigenvalue weighted by Gasteiger charge is -2.28. The number of aliphatic carboxylic acids is 2. The highest BCUT2D eigenvalue weighted by molar-refractivity contribution is 8.01. The van der Waals surface area contributed by atoms with E-state index in [-0.39, 0.29) is 34.0 Å². The molecule has 57 heavy (non-hydrogen) atoms. The third-order valence-corrected chi connectivity index (χ3v) is 12.0. The first kappa shape index (κ1) is 41.5. The number of thioether (sulfide) groups is 2. The van der Waals surface area contributed by atoms with Gasteiger partial charge in [0, 0.05) is 10.8 Å². The molecule has 0 radical (unpaired) electrons. The second-order valence-electron chi connectivity index (χ2n) is 14.5. The van der Waals surface area contributed by atoms with Crippen LogP contribution < -0.4 is 0 Å². The van der Waals surface area contributed by atoms with Gasteiger partial charge in [-0.3, -0.25) is 18.7 Å². The summed E-state index contributed by atoms with van der Waals surface area (Å²) in [5, 5.41) is 36.2. The summed E-state index contributed by atoms with van der Waals surface area (Å²) in [5.74, 6) is -5.91. The normalized spacial score (nSPS) is 14.3. The molecule has 0 spiro atoms. The van der Waals surface area contributed by atoms with Gasteiger partial charge in [-0.05, 0) is 73.1 Å². The molecule has 2 unspecified atom stereocenters. The lowest BCUT2D eigenvalue weighted by atomic mass is 9.87. The van der Waals surface area contributed by atoms with E-state index in [1.165, 1.54) is 26.8 Å². The molecule has 2 atom stereocenters. The number of aromatic nitrogens is 6. The van der Waals surface area contributed by atoms with Crippen LogP contribution >= 0.6 is 23.5 Å². The maximum Gasteiger partial charge on any atom is 0.452 e. The number of nitrogens with zero attached hydrogens (tertiary/aromatic N) is 6. The average molecular weight is 831 g/mol. The number of carbonyl (C=O) groups is 2. The number of carboxylic acid groups (broad SMARTS) is 2. The highest BCUT2D eigenvalue weighted by atomic mass is 32.2. The minimum absolute atomic E-state index is 0.00132. The van der Waals surface area contributed by atoms with Crippen LogP contribution in [0.5, 0.6) is 0 Å². The zero-order valence-corrected chi connectivity index (χ0v) is 32.9. The molecule has 0 aliphatic carbocycles. The van der Waals surface area contributed by atoms with E-state index in [0.29, 0.717) is 45.2 Å². The zero-order chi connectivity index (χ0) is 41.8. The summed E-state index contributed by atoms with van der Waals surface area (Å²) in [6.07, 6.45) is -10.1. The summed E-state index contributed by atoms with van der Waals surface area (Å²) in [6, 6.07) is 19.7. The Bertz CT molecular complexity index is 2520. The van der Waals surface area contributed by atoms with Crippen molar-refractivity contribution in [3.63, 3.8) is 0 Å². The maximum atomic E-state index is 14.5. The highest BCUT2D eigenvalue weighted by Gasteiger charge is 2.44. The second-order valence-corrected chi connectivity index (χ2v) is 17.6. The van der Waals surface area contributed by atoms with Crippen LogP contribution in [0.2, 0.25) is 0 Å². The summed E-state index contributed by atoms with van der Waals surface area (Å²) in [6.45, 7) is 9.66. The summed E-state index contributed by atoms with van der Waals surface area (Å²) in [5.41, 5.74) is 1.57. The Labute approximate surface area is 330 Å². The Hall–Kier alpha value is -5.10. The first-order valence-electron chi connectivity index (χ1n) is 17.5. The van der Waals surface area contributed by atoms with Gasteiger partial charge in [0.1, 0.15) is 9.49 Å². The molecule has 0 amide bonds. The number of rotatable bonds is 12. The monoisotopic (exact) mass is 830 g/mol. The van der Waals surface area contributed by atoms with Gasteiger partial charge in [-0.15, -0.1) is 20.4 Å². The van der Waals surface area contributed by atoms with Crippen LogP contribution in [-0.2, 0) is 21.9 Å². The first-order chi connectivity index (χ1) is 26.5. The van der Waals surface area contributed by atoms with Crippen molar-refractivity contribution in [2.75, 3.05) is 0 Å². The molecule has 6 rings (SSSR count). The number of carboxylic acids is 2. The Kier molecular flexibility index (Phi) is 10.9. The van der Waals surface area contributed by atoms with E-state index in [4.69, 9.17) is 0 Å². The van der Waals surface area contributed by atoms with E-state index in [1.807, 2.05) is 13.8 Å². The molecule has 0 aliphatic heterocycles. The quantitative estimate of drug-likeness (QED) is 0.0906. The molecule has 10 nitrogen and oxygen atoms in total. The van der Waals surface area contributed by atoms with Crippen LogP contribution in [0.15, 0.2) is 83.1 Å². The van der Waals surface area contributed by atoms with Gasteiger partial charge in [-0.25, -0.2) is 0 Å². The molecule has 0 bridgehead atoms. The summed E-state index contributed by atoms with van der Waals surface area (Å²) in [7, 11) is 0. The van der Waals surface area contributed by atoms with Crippen molar-refractivity contribution in [1.82, 2.24) is 29.5 Å². The molecule has 2 heterocycles. The number of halogens is 6. The number of fused-ring (bicyclic) bond motifs is 2. The molecular formula is C39H36F6N6O4S2. The number of hydrogen-bond donors (Lipinski definition) is 2. The fourth-order valence-electron chi connectivity index (χ4n) is 6.75. The molecule has 0 fully saturated rings. The van der Waals surface area contributed by atoms with E-state index in [1.54, 1.807) is 73.7 Å². The van der Waals surface area contributed by atoms with Crippen LogP contribution in [0, 0.1) is 0 Å². The second kappa shape index (κ2) is 15.0. The van der Waals surface area contributed by atoms with Crippen molar-refractivity contribution in [2.45, 2.75) is 92.0 Å². The number of alkyl halides is 6.